The average Bonchev–Trinajstić information content (AvgIpc) is 2.67. The topological polar surface area (TPSA) is 51.5 Å². The van der Waals surface area contributed by atoms with Gasteiger partial charge in [-0.15, -0.1) is 0 Å². The molecule has 3 heteroatoms. The Labute approximate surface area is 64.9 Å². The maximum atomic E-state index is 5.67. The normalized spacial score (nSPS) is 18.7. The van der Waals surface area contributed by atoms with Gasteiger partial charge in [0.15, 0.2) is 0 Å². The lowest BCUT2D eigenvalue weighted by atomic mass is 10.3. The number of furan rings is 1. The molecule has 11 heavy (non-hydrogen) atoms. The van der Waals surface area contributed by atoms with E-state index in [9.17, 15) is 0 Å². The van der Waals surface area contributed by atoms with Crippen LogP contribution in [0, 0.1) is 0 Å². The van der Waals surface area contributed by atoms with Gasteiger partial charge < -0.3 is 10.2 Å². The summed E-state index contributed by atoms with van der Waals surface area (Å²) in [7, 11) is 0. The molecule has 1 saturated carbocycles. The van der Waals surface area contributed by atoms with Gasteiger partial charge in [-0.25, -0.2) is 0 Å². The lowest BCUT2D eigenvalue weighted by Crippen LogP contribution is -2.12. The van der Waals surface area contributed by atoms with E-state index in [1.54, 1.807) is 12.5 Å². The molecule has 0 amide bonds. The molecule has 2 rings (SSSR count). The van der Waals surface area contributed by atoms with Crippen molar-refractivity contribution >= 4 is 5.84 Å². The summed E-state index contributed by atoms with van der Waals surface area (Å²) in [6.07, 6.45) is 5.57. The minimum atomic E-state index is 0.477. The highest BCUT2D eigenvalue weighted by Crippen LogP contribution is 2.23. The number of aliphatic imine (C=N–C) groups is 1. The zero-order valence-electron chi connectivity index (χ0n) is 6.16. The van der Waals surface area contributed by atoms with Gasteiger partial charge in [-0.1, -0.05) is 0 Å². The standard InChI is InChI=1S/C8H10N2O/c9-8(10-7-1-2-7)6-3-4-11-5-6/h3-5,7H,1-2H2,(H2,9,10). The summed E-state index contributed by atoms with van der Waals surface area (Å²) in [6.45, 7) is 0. The highest BCUT2D eigenvalue weighted by molar-refractivity contribution is 5.97. The largest absolute Gasteiger partial charge is 0.472 e. The number of nitrogens with zero attached hydrogens (tertiary/aromatic N) is 1. The van der Waals surface area contributed by atoms with Crippen molar-refractivity contribution in [3.8, 4) is 0 Å². The number of hydrogen-bond donors (Lipinski definition) is 1. The number of hydrogen-bond acceptors (Lipinski definition) is 2. The molecule has 1 heterocycles. The summed E-state index contributed by atoms with van der Waals surface area (Å²) in [5.74, 6) is 0.598. The van der Waals surface area contributed by atoms with Crippen molar-refractivity contribution in [1.82, 2.24) is 0 Å². The third-order valence-corrected chi connectivity index (χ3v) is 1.69. The fourth-order valence-electron chi connectivity index (χ4n) is 0.885. The van der Waals surface area contributed by atoms with E-state index in [4.69, 9.17) is 10.2 Å². The Balaban J connectivity index is 2.15. The summed E-state index contributed by atoms with van der Waals surface area (Å²) in [6, 6.07) is 2.30. The van der Waals surface area contributed by atoms with Crippen molar-refractivity contribution in [3.05, 3.63) is 24.2 Å². The van der Waals surface area contributed by atoms with Gasteiger partial charge in [0.2, 0.25) is 0 Å². The van der Waals surface area contributed by atoms with Crippen LogP contribution in [0.5, 0.6) is 0 Å². The zero-order valence-corrected chi connectivity index (χ0v) is 6.16. The Morgan fingerprint density at radius 3 is 3.00 bits per heavy atom. The van der Waals surface area contributed by atoms with Crippen LogP contribution in [0.1, 0.15) is 18.4 Å². The molecule has 0 spiro atoms. The van der Waals surface area contributed by atoms with Gasteiger partial charge in [-0.3, -0.25) is 4.99 Å². The third-order valence-electron chi connectivity index (χ3n) is 1.69. The minimum absolute atomic E-state index is 0.477. The molecule has 2 N–H and O–H groups in total. The van der Waals surface area contributed by atoms with Crippen molar-refractivity contribution in [3.63, 3.8) is 0 Å². The quantitative estimate of drug-likeness (QED) is 0.507. The third kappa shape index (κ3) is 1.42. The highest BCUT2D eigenvalue weighted by Gasteiger charge is 2.20. The summed E-state index contributed by atoms with van der Waals surface area (Å²) in [5, 5.41) is 0. The predicted octanol–water partition coefficient (Wildman–Crippen LogP) is 1.15. The summed E-state index contributed by atoms with van der Waals surface area (Å²) < 4.78 is 4.88. The van der Waals surface area contributed by atoms with Gasteiger partial charge in [0.05, 0.1) is 17.9 Å². The average molecular weight is 150 g/mol. The van der Waals surface area contributed by atoms with E-state index in [0.717, 1.165) is 5.56 Å². The number of amidine groups is 1. The summed E-state index contributed by atoms with van der Waals surface area (Å²) in [4.78, 5) is 4.27. The van der Waals surface area contributed by atoms with Crippen LogP contribution in [-0.2, 0) is 0 Å². The van der Waals surface area contributed by atoms with E-state index in [-0.39, 0.29) is 0 Å². The molecular weight excluding hydrogens is 140 g/mol. The summed E-state index contributed by atoms with van der Waals surface area (Å²) >= 11 is 0. The van der Waals surface area contributed by atoms with Crippen LogP contribution in [0.25, 0.3) is 0 Å². The van der Waals surface area contributed by atoms with Crippen LogP contribution in [0.2, 0.25) is 0 Å². The molecule has 0 saturated heterocycles. The first kappa shape index (κ1) is 6.46. The molecule has 0 aromatic carbocycles. The molecule has 1 fully saturated rings. The minimum Gasteiger partial charge on any atom is -0.472 e. The molecule has 1 aromatic rings. The number of rotatable bonds is 2. The van der Waals surface area contributed by atoms with Crippen molar-refractivity contribution in [1.29, 1.82) is 0 Å². The first-order valence-corrected chi connectivity index (χ1v) is 3.72. The van der Waals surface area contributed by atoms with Gasteiger partial charge >= 0.3 is 0 Å². The van der Waals surface area contributed by atoms with Crippen LogP contribution in [0.15, 0.2) is 28.0 Å². The molecular formula is C8H10N2O. The van der Waals surface area contributed by atoms with Crippen molar-refractivity contribution in [2.24, 2.45) is 10.7 Å². The maximum absolute atomic E-state index is 5.67. The molecule has 0 atom stereocenters. The maximum Gasteiger partial charge on any atom is 0.129 e. The molecule has 1 aliphatic rings. The van der Waals surface area contributed by atoms with Gasteiger partial charge in [0.1, 0.15) is 12.1 Å². The van der Waals surface area contributed by atoms with Crippen molar-refractivity contribution in [2.45, 2.75) is 18.9 Å². The second kappa shape index (κ2) is 2.42. The Kier molecular flexibility index (Phi) is 1.42. The lowest BCUT2D eigenvalue weighted by Gasteiger charge is -1.92. The van der Waals surface area contributed by atoms with Crippen LogP contribution in [-0.4, -0.2) is 11.9 Å². The molecule has 3 nitrogen and oxygen atoms in total. The van der Waals surface area contributed by atoms with E-state index in [2.05, 4.69) is 4.99 Å². The summed E-state index contributed by atoms with van der Waals surface area (Å²) in [5.41, 5.74) is 6.56. The Morgan fingerprint density at radius 1 is 1.64 bits per heavy atom. The predicted molar refractivity (Wildman–Crippen MR) is 42.5 cm³/mol. The van der Waals surface area contributed by atoms with Gasteiger partial charge in [-0.05, 0) is 18.9 Å². The van der Waals surface area contributed by atoms with Crippen molar-refractivity contribution < 1.29 is 4.42 Å². The monoisotopic (exact) mass is 150 g/mol. The van der Waals surface area contributed by atoms with Gasteiger partial charge in [0, 0.05) is 0 Å². The van der Waals surface area contributed by atoms with E-state index in [1.165, 1.54) is 12.8 Å². The first-order chi connectivity index (χ1) is 5.36. The molecule has 0 aliphatic heterocycles. The van der Waals surface area contributed by atoms with E-state index in [1.807, 2.05) is 6.07 Å². The Bertz CT molecular complexity index is 260. The molecule has 0 bridgehead atoms. The molecule has 58 valence electrons. The first-order valence-electron chi connectivity index (χ1n) is 3.72. The fourth-order valence-corrected chi connectivity index (χ4v) is 0.885. The number of nitrogens with two attached hydrogens (primary N) is 1. The van der Waals surface area contributed by atoms with Crippen molar-refractivity contribution in [2.75, 3.05) is 0 Å². The van der Waals surface area contributed by atoms with Crippen LogP contribution in [0.3, 0.4) is 0 Å². The molecule has 0 radical (unpaired) electrons. The SMILES string of the molecule is NC(=NC1CC1)c1ccoc1. The lowest BCUT2D eigenvalue weighted by molar-refractivity contribution is 0.567. The molecule has 1 aromatic heterocycles. The van der Waals surface area contributed by atoms with Crippen LogP contribution in [0.4, 0.5) is 0 Å². The fraction of sp³-hybridized carbons (Fsp3) is 0.375. The van der Waals surface area contributed by atoms with E-state index < -0.39 is 0 Å². The Morgan fingerprint density at radius 2 is 2.45 bits per heavy atom. The van der Waals surface area contributed by atoms with E-state index in [0.29, 0.717) is 11.9 Å². The van der Waals surface area contributed by atoms with Gasteiger partial charge in [0.25, 0.3) is 0 Å². The second-order valence-electron chi connectivity index (χ2n) is 2.76. The second-order valence-corrected chi connectivity index (χ2v) is 2.76. The van der Waals surface area contributed by atoms with E-state index >= 15 is 0 Å². The zero-order chi connectivity index (χ0) is 7.68. The Hall–Kier alpha value is -1.25. The molecule has 0 unspecified atom stereocenters. The van der Waals surface area contributed by atoms with Crippen LogP contribution >= 0.6 is 0 Å². The smallest absolute Gasteiger partial charge is 0.129 e. The van der Waals surface area contributed by atoms with Crippen LogP contribution < -0.4 is 5.73 Å². The molecule has 1 aliphatic carbocycles. The van der Waals surface area contributed by atoms with Gasteiger partial charge in [-0.2, -0.15) is 0 Å². The highest BCUT2D eigenvalue weighted by atomic mass is 16.3.